The molecule has 0 aromatic rings. The maximum atomic E-state index is 8.39. The lowest BCUT2D eigenvalue weighted by atomic mass is 10.5. The summed E-state index contributed by atoms with van der Waals surface area (Å²) in [5.74, 6) is 0. The molecule has 0 unspecified atom stereocenters. The highest BCUT2D eigenvalue weighted by Gasteiger charge is 2.03. The van der Waals surface area contributed by atoms with Gasteiger partial charge in [0, 0.05) is 0 Å². The van der Waals surface area contributed by atoms with Gasteiger partial charge in [0.05, 0.1) is 83.2 Å². The first kappa shape index (κ1) is 40.0. The van der Waals surface area contributed by atoms with Crippen LogP contribution in [-0.2, 0) is 0 Å². The van der Waals surface area contributed by atoms with Crippen molar-refractivity contribution in [3.63, 3.8) is 0 Å². The van der Waals surface area contributed by atoms with E-state index >= 15 is 0 Å². The van der Waals surface area contributed by atoms with Gasteiger partial charge in [0.15, 0.2) is 0 Å². The highest BCUT2D eigenvalue weighted by Crippen LogP contribution is 1.85. The van der Waals surface area contributed by atoms with Gasteiger partial charge in [-0.2, -0.15) is 0 Å². The molecule has 0 spiro atoms. The zero-order chi connectivity index (χ0) is 17.7. The van der Waals surface area contributed by atoms with Crippen molar-refractivity contribution in [1.29, 1.82) is 0 Å². The van der Waals surface area contributed by atoms with Crippen molar-refractivity contribution >= 4 is 0 Å². The van der Waals surface area contributed by atoms with Crippen LogP contribution in [0, 0.1) is 0 Å². The number of likely N-dealkylation sites (N-methyl/N-ethyl adjacent to an activating group) is 3. The van der Waals surface area contributed by atoms with E-state index in [1.165, 1.54) is 0 Å². The summed E-state index contributed by atoms with van der Waals surface area (Å²) < 4.78 is 2.53. The number of rotatable bonds is 6. The average molecular weight is 552 g/mol. The van der Waals surface area contributed by atoms with Crippen LogP contribution in [-0.4, -0.2) is 132 Å². The third kappa shape index (κ3) is 65.6. The maximum absolute atomic E-state index is 8.39. The normalized spacial score (nSPS) is 10.5. The number of aliphatic hydroxyl groups is 3. The van der Waals surface area contributed by atoms with E-state index in [9.17, 15) is 0 Å². The molecule has 6 nitrogen and oxygen atoms in total. The monoisotopic (exact) mass is 549 g/mol. The zero-order valence-corrected chi connectivity index (χ0v) is 21.8. The van der Waals surface area contributed by atoms with Crippen LogP contribution in [0.15, 0.2) is 0 Å². The van der Waals surface area contributed by atoms with Gasteiger partial charge in [0.1, 0.15) is 19.6 Å². The molecule has 0 amide bonds. The fourth-order valence-corrected chi connectivity index (χ4v) is 0.900. The lowest BCUT2D eigenvalue weighted by molar-refractivity contribution is -0.870. The fourth-order valence-electron chi connectivity index (χ4n) is 0.900. The fraction of sp³-hybridized carbons (Fsp3) is 1.00. The Morgan fingerprint density at radius 2 is 0.542 bits per heavy atom. The molecular weight excluding hydrogens is 510 g/mol. The van der Waals surface area contributed by atoms with E-state index in [0.29, 0.717) is 0 Å². The largest absolute Gasteiger partial charge is 1.00 e. The molecule has 0 atom stereocenters. The van der Waals surface area contributed by atoms with Gasteiger partial charge in [-0.3, -0.25) is 0 Å². The van der Waals surface area contributed by atoms with Gasteiger partial charge in [-0.05, 0) is 0 Å². The standard InChI is InChI=1S/3C5H14NO.3BrH/c3*1-6(2,3)4-5-7;;;/h3*7H,4-5H2,1-3H3;3*1H/q3*+1;;;/p-3. The van der Waals surface area contributed by atoms with Crippen molar-refractivity contribution in [3.05, 3.63) is 0 Å². The summed E-state index contributed by atoms with van der Waals surface area (Å²) in [5.41, 5.74) is 0. The second-order valence-electron chi connectivity index (χ2n) is 8.21. The molecule has 0 aromatic carbocycles. The predicted octanol–water partition coefficient (Wildman–Crippen LogP) is -9.93. The number of quaternary nitrogens is 3. The zero-order valence-electron chi connectivity index (χ0n) is 17.1. The predicted molar refractivity (Wildman–Crippen MR) is 90.0 cm³/mol. The van der Waals surface area contributed by atoms with Crippen molar-refractivity contribution in [2.24, 2.45) is 0 Å². The van der Waals surface area contributed by atoms with Crippen LogP contribution in [0.3, 0.4) is 0 Å². The van der Waals surface area contributed by atoms with E-state index in [-0.39, 0.29) is 70.8 Å². The minimum absolute atomic E-state index is 0. The van der Waals surface area contributed by atoms with Crippen LogP contribution < -0.4 is 50.9 Å². The van der Waals surface area contributed by atoms with Crippen LogP contribution >= 0.6 is 0 Å². The van der Waals surface area contributed by atoms with Gasteiger partial charge in [-0.15, -0.1) is 0 Å². The minimum atomic E-state index is 0. The Morgan fingerprint density at radius 3 is 0.542 bits per heavy atom. The quantitative estimate of drug-likeness (QED) is 0.287. The molecular formula is C15H42Br3N3O3. The summed E-state index contributed by atoms with van der Waals surface area (Å²) in [7, 11) is 18.5. The number of hydrogen-bond donors (Lipinski definition) is 3. The highest BCUT2D eigenvalue weighted by molar-refractivity contribution is 4.20. The molecule has 0 bridgehead atoms. The molecule has 24 heavy (non-hydrogen) atoms. The number of nitrogens with zero attached hydrogens (tertiary/aromatic N) is 3. The van der Waals surface area contributed by atoms with Crippen LogP contribution in [0.25, 0.3) is 0 Å². The molecule has 0 aliphatic carbocycles. The van der Waals surface area contributed by atoms with E-state index in [0.717, 1.165) is 33.1 Å². The molecule has 0 fully saturated rings. The Morgan fingerprint density at radius 1 is 0.417 bits per heavy atom. The second kappa shape index (κ2) is 20.5. The molecule has 0 aliphatic heterocycles. The van der Waals surface area contributed by atoms with E-state index in [1.807, 2.05) is 0 Å². The van der Waals surface area contributed by atoms with Crippen LogP contribution in [0.5, 0.6) is 0 Å². The van der Waals surface area contributed by atoms with E-state index < -0.39 is 0 Å². The molecule has 0 radical (unpaired) electrons. The minimum Gasteiger partial charge on any atom is -1.00 e. The molecule has 0 saturated carbocycles. The summed E-state index contributed by atoms with van der Waals surface area (Å²) in [5, 5.41) is 25.2. The average Bonchev–Trinajstić information content (AvgIpc) is 2.12. The summed E-state index contributed by atoms with van der Waals surface area (Å²) >= 11 is 0. The van der Waals surface area contributed by atoms with E-state index in [1.54, 1.807) is 0 Å². The van der Waals surface area contributed by atoms with Crippen molar-refractivity contribution in [3.8, 4) is 0 Å². The van der Waals surface area contributed by atoms with Crippen LogP contribution in [0.4, 0.5) is 0 Å². The molecule has 0 rings (SSSR count). The first-order chi connectivity index (χ1) is 9.18. The van der Waals surface area contributed by atoms with Gasteiger partial charge in [0.2, 0.25) is 0 Å². The van der Waals surface area contributed by atoms with Crippen LogP contribution in [0.1, 0.15) is 0 Å². The van der Waals surface area contributed by atoms with Gasteiger partial charge in [0.25, 0.3) is 0 Å². The summed E-state index contributed by atoms with van der Waals surface area (Å²) in [6.07, 6.45) is 0. The second-order valence-corrected chi connectivity index (χ2v) is 8.21. The molecule has 0 heterocycles. The van der Waals surface area contributed by atoms with Crippen molar-refractivity contribution in [2.45, 2.75) is 0 Å². The van der Waals surface area contributed by atoms with Gasteiger partial charge < -0.3 is 79.7 Å². The Balaban J connectivity index is -0.0000000476. The first-order valence-electron chi connectivity index (χ1n) is 7.42. The van der Waals surface area contributed by atoms with Crippen molar-refractivity contribution in [2.75, 3.05) is 103 Å². The SMILES string of the molecule is C[N+](C)(C)CCO.C[N+](C)(C)CCO.C[N+](C)(C)CCO.[Br-].[Br-].[Br-]. The summed E-state index contributed by atoms with van der Waals surface area (Å²) in [4.78, 5) is 0. The summed E-state index contributed by atoms with van der Waals surface area (Å²) in [6.45, 7) is 3.34. The third-order valence-electron chi connectivity index (χ3n) is 2.31. The van der Waals surface area contributed by atoms with Gasteiger partial charge in [-0.25, -0.2) is 0 Å². The molecule has 156 valence electrons. The lowest BCUT2D eigenvalue weighted by Gasteiger charge is -2.21. The lowest BCUT2D eigenvalue weighted by Crippen LogP contribution is -3.00. The van der Waals surface area contributed by atoms with Gasteiger partial charge >= 0.3 is 0 Å². The Labute approximate surface area is 182 Å². The molecule has 0 saturated heterocycles. The van der Waals surface area contributed by atoms with Crippen LogP contribution in [0.2, 0.25) is 0 Å². The van der Waals surface area contributed by atoms with Crippen molar-refractivity contribution < 1.29 is 79.7 Å². The van der Waals surface area contributed by atoms with E-state index in [2.05, 4.69) is 63.4 Å². The Kier molecular flexibility index (Phi) is 34.2. The number of aliphatic hydroxyl groups excluding tert-OH is 3. The Hall–Kier alpha value is 1.20. The smallest absolute Gasteiger partial charge is 0.101 e. The maximum Gasteiger partial charge on any atom is 0.101 e. The number of halogens is 3. The summed E-state index contributed by atoms with van der Waals surface area (Å²) in [6, 6.07) is 0. The molecule has 0 aromatic heterocycles. The van der Waals surface area contributed by atoms with E-state index in [4.69, 9.17) is 15.3 Å². The highest BCUT2D eigenvalue weighted by atomic mass is 79.9. The Bertz CT molecular complexity index is 191. The topological polar surface area (TPSA) is 60.7 Å². The molecule has 0 aliphatic rings. The number of hydrogen-bond acceptors (Lipinski definition) is 3. The van der Waals surface area contributed by atoms with Crippen molar-refractivity contribution in [1.82, 2.24) is 0 Å². The third-order valence-corrected chi connectivity index (χ3v) is 2.31. The molecule has 3 N–H and O–H groups in total. The van der Waals surface area contributed by atoms with Gasteiger partial charge in [-0.1, -0.05) is 0 Å². The first-order valence-corrected chi connectivity index (χ1v) is 7.42. The molecule has 9 heteroatoms.